The van der Waals surface area contributed by atoms with Crippen LogP contribution in [0.15, 0.2) is 132 Å². The van der Waals surface area contributed by atoms with Gasteiger partial charge in [-0.15, -0.1) is 0 Å². The molecule has 2 bridgehead atoms. The summed E-state index contributed by atoms with van der Waals surface area (Å²) >= 11 is 0. The molecule has 1 amide bonds. The van der Waals surface area contributed by atoms with Crippen LogP contribution in [0.2, 0.25) is 0 Å². The fourth-order valence-corrected chi connectivity index (χ4v) is 10.8. The first kappa shape index (κ1) is 47.0. The van der Waals surface area contributed by atoms with E-state index in [1.807, 2.05) is 0 Å². The third-order valence-electron chi connectivity index (χ3n) is 14.4. The van der Waals surface area contributed by atoms with Crippen molar-refractivity contribution in [2.45, 2.75) is 101 Å². The van der Waals surface area contributed by atoms with E-state index in [-0.39, 0.29) is 40.9 Å². The summed E-state index contributed by atoms with van der Waals surface area (Å²) in [5, 5.41) is 40.8. The van der Waals surface area contributed by atoms with Gasteiger partial charge in [-0.2, -0.15) is 0 Å². The normalized spacial score (nSPS) is 30.3. The second-order valence-corrected chi connectivity index (χ2v) is 18.5. The standard InChI is InChI=1S/C52H53NO14/c1-29-35(64-48(61)40(56)39(31-18-10-6-11-19-31)53-45(58)32-20-12-7-13-21-32)27-52(62)44(66-47(60)34-24-16-9-17-25-34)42-50(5,36(55)26-37-51(42,28-63-37)67-30(2)54)43(57)41(38(29)49(52,3)4)65-46(59)33-22-14-8-15-23-33/h6-25,35-37,39-42,44,55-56,62H,26-28H2,1-5H3,(H,53,58)/t35-,36-,37+,39?,40?,41+,42?,44-,50+,51-,52+/m0/s1. The van der Waals surface area contributed by atoms with Crippen LogP contribution in [0.1, 0.15) is 90.1 Å². The van der Waals surface area contributed by atoms with E-state index in [1.54, 1.807) is 111 Å². The second kappa shape index (κ2) is 17.9. The predicted octanol–water partition coefficient (Wildman–Crippen LogP) is 5.03. The van der Waals surface area contributed by atoms with Crippen LogP contribution in [0.4, 0.5) is 0 Å². The number of ether oxygens (including phenoxy) is 5. The number of esters is 4. The smallest absolute Gasteiger partial charge is 0.339 e. The van der Waals surface area contributed by atoms with Gasteiger partial charge in [-0.1, -0.05) is 98.8 Å². The topological polar surface area (TPSA) is 221 Å². The summed E-state index contributed by atoms with van der Waals surface area (Å²) in [6.45, 7) is 6.90. The molecule has 4 aliphatic rings. The monoisotopic (exact) mass is 915 g/mol. The molecule has 3 aliphatic carbocycles. The molecule has 350 valence electrons. The van der Waals surface area contributed by atoms with Crippen LogP contribution in [0.25, 0.3) is 0 Å². The minimum atomic E-state index is -2.43. The summed E-state index contributed by atoms with van der Waals surface area (Å²) in [5.41, 5.74) is -7.20. The molecule has 67 heavy (non-hydrogen) atoms. The molecular formula is C52H53NO14. The molecule has 0 spiro atoms. The average Bonchev–Trinajstić information content (AvgIpc) is 3.32. The van der Waals surface area contributed by atoms with Gasteiger partial charge >= 0.3 is 23.9 Å². The number of hydrogen-bond acceptors (Lipinski definition) is 14. The molecule has 2 saturated carbocycles. The minimum absolute atomic E-state index is 0.0269. The van der Waals surface area contributed by atoms with E-state index in [2.05, 4.69) is 5.32 Å². The average molecular weight is 916 g/mol. The van der Waals surface area contributed by atoms with Crippen molar-refractivity contribution in [3.05, 3.63) is 155 Å². The Morgan fingerprint density at radius 3 is 1.81 bits per heavy atom. The van der Waals surface area contributed by atoms with E-state index < -0.39 is 113 Å². The highest BCUT2D eigenvalue weighted by molar-refractivity contribution is 5.98. The number of fused-ring (bicyclic) bond motifs is 5. The molecule has 8 rings (SSSR count). The van der Waals surface area contributed by atoms with E-state index in [0.717, 1.165) is 6.92 Å². The Morgan fingerprint density at radius 2 is 1.28 bits per heavy atom. The van der Waals surface area contributed by atoms with Gasteiger partial charge in [0.1, 0.15) is 23.9 Å². The van der Waals surface area contributed by atoms with Gasteiger partial charge in [0.25, 0.3) is 5.91 Å². The Morgan fingerprint density at radius 1 is 0.761 bits per heavy atom. The van der Waals surface area contributed by atoms with E-state index >= 15 is 4.79 Å². The number of aliphatic hydroxyl groups is 3. The molecule has 15 nitrogen and oxygen atoms in total. The van der Waals surface area contributed by atoms with Crippen molar-refractivity contribution < 1.29 is 67.8 Å². The molecule has 3 unspecified atom stereocenters. The number of aliphatic hydroxyl groups excluding tert-OH is 2. The van der Waals surface area contributed by atoms with E-state index in [9.17, 15) is 39.3 Å². The molecule has 4 aromatic carbocycles. The number of carbonyl (C=O) groups excluding carboxylic acids is 6. The summed E-state index contributed by atoms with van der Waals surface area (Å²) < 4.78 is 30.9. The summed E-state index contributed by atoms with van der Waals surface area (Å²) in [6.07, 6.45) is -10.8. The molecule has 1 aliphatic heterocycles. The first-order valence-corrected chi connectivity index (χ1v) is 22.1. The Bertz CT molecular complexity index is 2590. The molecule has 1 saturated heterocycles. The highest BCUT2D eigenvalue weighted by atomic mass is 16.6. The van der Waals surface area contributed by atoms with Gasteiger partial charge in [0.15, 0.2) is 23.6 Å². The third kappa shape index (κ3) is 8.03. The molecule has 4 aromatic rings. The summed E-state index contributed by atoms with van der Waals surface area (Å²) in [4.78, 5) is 85.7. The van der Waals surface area contributed by atoms with Crippen molar-refractivity contribution in [1.29, 1.82) is 0 Å². The fourth-order valence-electron chi connectivity index (χ4n) is 10.8. The number of rotatable bonds is 11. The lowest BCUT2D eigenvalue weighted by Crippen LogP contribution is -2.82. The van der Waals surface area contributed by atoms with Crippen LogP contribution in [-0.4, -0.2) is 105 Å². The van der Waals surface area contributed by atoms with E-state index in [0.29, 0.717) is 5.56 Å². The molecule has 4 N–H and O–H groups in total. The van der Waals surface area contributed by atoms with Gasteiger partial charge in [0.2, 0.25) is 0 Å². The molecular weight excluding hydrogens is 863 g/mol. The number of Topliss-reactive ketones (excluding diaryl/α,β-unsaturated/α-hetero) is 1. The van der Waals surface area contributed by atoms with Gasteiger partial charge in [0, 0.05) is 30.7 Å². The number of hydrogen-bond donors (Lipinski definition) is 4. The quantitative estimate of drug-likeness (QED) is 0.0881. The molecule has 0 radical (unpaired) electrons. The van der Waals surface area contributed by atoms with Gasteiger partial charge in [-0.05, 0) is 67.0 Å². The number of amides is 1. The maximum Gasteiger partial charge on any atom is 0.339 e. The fraction of sp³-hybridized carbons (Fsp3) is 0.385. The van der Waals surface area contributed by atoms with Gasteiger partial charge in [-0.3, -0.25) is 14.4 Å². The summed E-state index contributed by atoms with van der Waals surface area (Å²) in [6, 6.07) is 30.8. The van der Waals surface area contributed by atoms with E-state index in [1.165, 1.54) is 38.1 Å². The second-order valence-electron chi connectivity index (χ2n) is 18.5. The summed E-state index contributed by atoms with van der Waals surface area (Å²) in [5.74, 6) is -6.98. The van der Waals surface area contributed by atoms with Gasteiger partial charge < -0.3 is 44.3 Å². The van der Waals surface area contributed by atoms with Crippen molar-refractivity contribution in [2.75, 3.05) is 6.61 Å². The zero-order chi connectivity index (χ0) is 48.1. The van der Waals surface area contributed by atoms with Crippen LogP contribution in [0, 0.1) is 16.7 Å². The van der Waals surface area contributed by atoms with Gasteiger partial charge in [0.05, 0.1) is 41.2 Å². The van der Waals surface area contributed by atoms with Crippen molar-refractivity contribution in [3.63, 3.8) is 0 Å². The van der Waals surface area contributed by atoms with Gasteiger partial charge in [-0.25, -0.2) is 14.4 Å². The molecule has 11 atom stereocenters. The molecule has 1 heterocycles. The Hall–Kier alpha value is -6.52. The number of nitrogens with one attached hydrogen (secondary N) is 1. The first-order chi connectivity index (χ1) is 31.8. The minimum Gasteiger partial charge on any atom is -0.456 e. The van der Waals surface area contributed by atoms with Crippen molar-refractivity contribution in [3.8, 4) is 0 Å². The highest BCUT2D eigenvalue weighted by Crippen LogP contribution is 2.64. The third-order valence-corrected chi connectivity index (χ3v) is 14.4. The van der Waals surface area contributed by atoms with E-state index in [4.69, 9.17) is 23.7 Å². The van der Waals surface area contributed by atoms with Crippen LogP contribution < -0.4 is 5.32 Å². The lowest BCUT2D eigenvalue weighted by atomic mass is 9.44. The maximum atomic E-state index is 15.9. The Balaban J connectivity index is 1.30. The lowest BCUT2D eigenvalue weighted by molar-refractivity contribution is -0.345. The lowest BCUT2D eigenvalue weighted by Gasteiger charge is -2.67. The number of carbonyl (C=O) groups is 6. The van der Waals surface area contributed by atoms with Crippen LogP contribution in [0.3, 0.4) is 0 Å². The highest BCUT2D eigenvalue weighted by Gasteiger charge is 2.78. The van der Waals surface area contributed by atoms with Crippen LogP contribution in [0.5, 0.6) is 0 Å². The molecule has 0 aromatic heterocycles. The zero-order valence-electron chi connectivity index (χ0n) is 37.6. The van der Waals surface area contributed by atoms with Crippen molar-refractivity contribution >= 4 is 35.6 Å². The zero-order valence-corrected chi connectivity index (χ0v) is 37.6. The Kier molecular flexibility index (Phi) is 12.6. The molecule has 3 fully saturated rings. The largest absolute Gasteiger partial charge is 0.456 e. The van der Waals surface area contributed by atoms with Crippen LogP contribution >= 0.6 is 0 Å². The Labute approximate surface area is 387 Å². The summed E-state index contributed by atoms with van der Waals surface area (Å²) in [7, 11) is 0. The predicted molar refractivity (Wildman–Crippen MR) is 238 cm³/mol. The molecule has 15 heteroatoms. The number of benzene rings is 4. The van der Waals surface area contributed by atoms with Crippen molar-refractivity contribution in [1.82, 2.24) is 5.32 Å². The maximum absolute atomic E-state index is 15.9. The SMILES string of the molecule is CC(=O)O[C@@]12CO[C@@H]1C[C@H](O)[C@@]1(C)C(=O)[C@H](OC(=O)c3ccccc3)C3=C(C)[C@@H](OC(=O)C(O)C(NC(=O)c4ccccc4)c4ccccc4)C[C@@](O)([C@@H](OC(=O)c4ccccc4)C12)C3(C)C. The van der Waals surface area contributed by atoms with Crippen LogP contribution in [-0.2, 0) is 38.1 Å². The van der Waals surface area contributed by atoms with Crippen molar-refractivity contribution in [2.24, 2.45) is 16.7 Å². The number of ketones is 1. The first-order valence-electron chi connectivity index (χ1n) is 22.1.